The quantitative estimate of drug-likeness (QED) is 0.809. The van der Waals surface area contributed by atoms with Gasteiger partial charge in [-0.15, -0.1) is 11.3 Å². The lowest BCUT2D eigenvalue weighted by Crippen LogP contribution is -2.05. The van der Waals surface area contributed by atoms with Crippen molar-refractivity contribution in [3.8, 4) is 0 Å². The van der Waals surface area contributed by atoms with E-state index in [4.69, 9.17) is 0 Å². The summed E-state index contributed by atoms with van der Waals surface area (Å²) >= 11 is 4.97. The van der Waals surface area contributed by atoms with Gasteiger partial charge in [0.2, 0.25) is 0 Å². The van der Waals surface area contributed by atoms with Crippen molar-refractivity contribution in [3.63, 3.8) is 0 Å². The number of aromatic nitrogens is 1. The maximum atomic E-state index is 12.0. The van der Waals surface area contributed by atoms with Gasteiger partial charge in [-0.3, -0.25) is 9.78 Å². The first-order valence-electron chi connectivity index (χ1n) is 4.84. The smallest absolute Gasteiger partial charge is 0.169 e. The van der Waals surface area contributed by atoms with Crippen molar-refractivity contribution < 1.29 is 4.79 Å². The van der Waals surface area contributed by atoms with Gasteiger partial charge in [0, 0.05) is 38.6 Å². The molecule has 0 unspecified atom stereocenters. The molecule has 82 valence electrons. The van der Waals surface area contributed by atoms with Crippen molar-refractivity contribution in [1.29, 1.82) is 0 Å². The van der Waals surface area contributed by atoms with Gasteiger partial charge in [0.1, 0.15) is 0 Å². The molecule has 0 saturated carbocycles. The van der Waals surface area contributed by atoms with Crippen LogP contribution in [0.2, 0.25) is 0 Å². The zero-order chi connectivity index (χ0) is 11.5. The topological polar surface area (TPSA) is 30.0 Å². The van der Waals surface area contributed by atoms with Crippen LogP contribution in [0.15, 0.2) is 34.2 Å². The summed E-state index contributed by atoms with van der Waals surface area (Å²) in [4.78, 5) is 17.2. The molecule has 0 saturated heterocycles. The fraction of sp³-hybridized carbons (Fsp3) is 0.167. The summed E-state index contributed by atoms with van der Waals surface area (Å²) in [5.41, 5.74) is 1.51. The van der Waals surface area contributed by atoms with Crippen molar-refractivity contribution >= 4 is 33.0 Å². The van der Waals surface area contributed by atoms with E-state index in [0.29, 0.717) is 12.0 Å². The number of pyridine rings is 1. The average molecular weight is 296 g/mol. The highest BCUT2D eigenvalue weighted by Crippen LogP contribution is 2.21. The second-order valence-electron chi connectivity index (χ2n) is 3.47. The highest BCUT2D eigenvalue weighted by atomic mass is 79.9. The van der Waals surface area contributed by atoms with Crippen LogP contribution in [0.4, 0.5) is 0 Å². The molecule has 2 rings (SSSR count). The summed E-state index contributed by atoms with van der Waals surface area (Å²) < 4.78 is 1.03. The molecule has 0 aliphatic carbocycles. The number of thiophene rings is 1. The first-order chi connectivity index (χ1) is 7.66. The van der Waals surface area contributed by atoms with Crippen LogP contribution in [0, 0.1) is 6.92 Å². The van der Waals surface area contributed by atoms with Crippen molar-refractivity contribution in [2.45, 2.75) is 13.3 Å². The molecule has 2 aromatic heterocycles. The zero-order valence-electron chi connectivity index (χ0n) is 8.74. The maximum absolute atomic E-state index is 12.0. The maximum Gasteiger partial charge on any atom is 0.169 e. The van der Waals surface area contributed by atoms with Gasteiger partial charge in [-0.25, -0.2) is 0 Å². The molecule has 0 bridgehead atoms. The standard InChI is InChI=1S/C12H10BrNOS/c1-8-11(3-2-4-14-8)12(15)6-10-5-9(13)7-16-10/h2-5,7H,6H2,1H3. The fourth-order valence-electron chi connectivity index (χ4n) is 1.48. The summed E-state index contributed by atoms with van der Waals surface area (Å²) in [6.45, 7) is 1.86. The molecule has 16 heavy (non-hydrogen) atoms. The minimum atomic E-state index is 0.125. The molecule has 0 amide bonds. The Morgan fingerprint density at radius 2 is 2.38 bits per heavy atom. The summed E-state index contributed by atoms with van der Waals surface area (Å²) in [5, 5.41) is 1.98. The Bertz CT molecular complexity index is 521. The van der Waals surface area contributed by atoms with Gasteiger partial charge < -0.3 is 0 Å². The highest BCUT2D eigenvalue weighted by molar-refractivity contribution is 9.10. The van der Waals surface area contributed by atoms with Crippen LogP contribution in [-0.4, -0.2) is 10.8 Å². The van der Waals surface area contributed by atoms with Gasteiger partial charge >= 0.3 is 0 Å². The van der Waals surface area contributed by atoms with Gasteiger partial charge in [0.05, 0.1) is 0 Å². The van der Waals surface area contributed by atoms with Crippen LogP contribution in [0.5, 0.6) is 0 Å². The molecule has 0 atom stereocenters. The largest absolute Gasteiger partial charge is 0.294 e. The molecule has 0 aromatic carbocycles. The first kappa shape index (κ1) is 11.5. The van der Waals surface area contributed by atoms with E-state index in [0.717, 1.165) is 15.0 Å². The third kappa shape index (κ3) is 2.57. The number of hydrogen-bond donors (Lipinski definition) is 0. The van der Waals surface area contributed by atoms with Gasteiger partial charge in [0.15, 0.2) is 5.78 Å². The second kappa shape index (κ2) is 4.89. The SMILES string of the molecule is Cc1ncccc1C(=O)Cc1cc(Br)cs1. The molecule has 4 heteroatoms. The molecule has 0 radical (unpaired) electrons. The lowest BCUT2D eigenvalue weighted by atomic mass is 10.1. The van der Waals surface area contributed by atoms with Gasteiger partial charge in [0.25, 0.3) is 0 Å². The van der Waals surface area contributed by atoms with Crippen molar-refractivity contribution in [2.24, 2.45) is 0 Å². The number of halogens is 1. The number of aryl methyl sites for hydroxylation is 1. The third-order valence-electron chi connectivity index (χ3n) is 2.26. The number of carbonyl (C=O) groups excluding carboxylic acids is 1. The molecule has 0 fully saturated rings. The number of rotatable bonds is 3. The van der Waals surface area contributed by atoms with Gasteiger partial charge in [-0.05, 0) is 41.1 Å². The lowest BCUT2D eigenvalue weighted by molar-refractivity contribution is 0.0993. The van der Waals surface area contributed by atoms with E-state index in [1.165, 1.54) is 0 Å². The van der Waals surface area contributed by atoms with E-state index in [-0.39, 0.29) is 5.78 Å². The molecular formula is C12H10BrNOS. The first-order valence-corrected chi connectivity index (χ1v) is 6.52. The fourth-order valence-corrected chi connectivity index (χ4v) is 2.93. The predicted octanol–water partition coefficient (Wildman–Crippen LogP) is 3.64. The average Bonchev–Trinajstić information content (AvgIpc) is 2.64. The number of ketones is 1. The molecule has 0 N–H and O–H groups in total. The van der Waals surface area contributed by atoms with Crippen LogP contribution in [0.1, 0.15) is 20.9 Å². The van der Waals surface area contributed by atoms with Gasteiger partial charge in [-0.1, -0.05) is 0 Å². The second-order valence-corrected chi connectivity index (χ2v) is 5.38. The molecule has 0 spiro atoms. The Balaban J connectivity index is 2.18. The Morgan fingerprint density at radius 1 is 1.56 bits per heavy atom. The minimum absolute atomic E-state index is 0.125. The normalized spacial score (nSPS) is 10.4. The molecule has 0 aliphatic heterocycles. The monoisotopic (exact) mass is 295 g/mol. The summed E-state index contributed by atoms with van der Waals surface area (Å²) in [6.07, 6.45) is 2.15. The number of hydrogen-bond acceptors (Lipinski definition) is 3. The summed E-state index contributed by atoms with van der Waals surface area (Å²) in [7, 11) is 0. The van der Waals surface area contributed by atoms with Crippen molar-refractivity contribution in [2.75, 3.05) is 0 Å². The predicted molar refractivity (Wildman–Crippen MR) is 69.0 cm³/mol. The van der Waals surface area contributed by atoms with Gasteiger partial charge in [-0.2, -0.15) is 0 Å². The molecule has 2 heterocycles. The van der Waals surface area contributed by atoms with E-state index < -0.39 is 0 Å². The Hall–Kier alpha value is -1.000. The Kier molecular flexibility index (Phi) is 3.51. The van der Waals surface area contributed by atoms with E-state index in [1.807, 2.05) is 24.4 Å². The zero-order valence-corrected chi connectivity index (χ0v) is 11.1. The number of nitrogens with zero attached hydrogens (tertiary/aromatic N) is 1. The number of Topliss-reactive ketones (excluding diaryl/α,β-unsaturated/α-hetero) is 1. The highest BCUT2D eigenvalue weighted by Gasteiger charge is 2.11. The Morgan fingerprint density at radius 3 is 3.00 bits per heavy atom. The molecule has 2 aromatic rings. The van der Waals surface area contributed by atoms with Crippen LogP contribution in [-0.2, 0) is 6.42 Å². The third-order valence-corrected chi connectivity index (χ3v) is 3.96. The minimum Gasteiger partial charge on any atom is -0.294 e. The van der Waals surface area contributed by atoms with Crippen molar-refractivity contribution in [1.82, 2.24) is 4.98 Å². The summed E-state index contributed by atoms with van der Waals surface area (Å²) in [5.74, 6) is 0.125. The van der Waals surface area contributed by atoms with Crippen LogP contribution >= 0.6 is 27.3 Å². The van der Waals surface area contributed by atoms with Crippen molar-refractivity contribution in [3.05, 3.63) is 50.4 Å². The van der Waals surface area contributed by atoms with Crippen LogP contribution < -0.4 is 0 Å². The van der Waals surface area contributed by atoms with E-state index in [9.17, 15) is 4.79 Å². The van der Waals surface area contributed by atoms with E-state index in [2.05, 4.69) is 20.9 Å². The molecular weight excluding hydrogens is 286 g/mol. The lowest BCUT2D eigenvalue weighted by Gasteiger charge is -2.01. The van der Waals surface area contributed by atoms with E-state index in [1.54, 1.807) is 23.6 Å². The molecule has 2 nitrogen and oxygen atoms in total. The van der Waals surface area contributed by atoms with E-state index >= 15 is 0 Å². The van der Waals surface area contributed by atoms with Crippen LogP contribution in [0.3, 0.4) is 0 Å². The Labute approximate surface area is 106 Å². The molecule has 0 aliphatic rings. The van der Waals surface area contributed by atoms with Crippen LogP contribution in [0.25, 0.3) is 0 Å². The number of carbonyl (C=O) groups is 1. The summed E-state index contributed by atoms with van der Waals surface area (Å²) in [6, 6.07) is 5.60.